The van der Waals surface area contributed by atoms with Gasteiger partial charge >= 0.3 is 6.36 Å². The number of hydrogen-bond acceptors (Lipinski definition) is 1. The lowest BCUT2D eigenvalue weighted by Gasteiger charge is -2.11. The van der Waals surface area contributed by atoms with Crippen LogP contribution in [0.5, 0.6) is 5.75 Å². The fourth-order valence-corrected chi connectivity index (χ4v) is 2.55. The Morgan fingerprint density at radius 2 is 1.23 bits per heavy atom. The standard InChI is InChI=1S/C25H16F4O/c1-17-3-6-19(7-4-17)8-13-22-14-10-20(16-24(22)30-25(27,28)29)9-12-21-11-5-18(2)15-23(21)26/h3-7,10-11,14-16H,1-2H3. The first-order valence-electron chi connectivity index (χ1n) is 8.96. The second kappa shape index (κ2) is 8.76. The zero-order valence-electron chi connectivity index (χ0n) is 16.2. The van der Waals surface area contributed by atoms with Crippen molar-refractivity contribution in [1.29, 1.82) is 0 Å². The minimum Gasteiger partial charge on any atom is -0.404 e. The molecule has 0 aliphatic heterocycles. The van der Waals surface area contributed by atoms with Crippen molar-refractivity contribution in [2.45, 2.75) is 20.2 Å². The molecule has 3 rings (SSSR count). The molecule has 0 amide bonds. The van der Waals surface area contributed by atoms with E-state index >= 15 is 0 Å². The van der Waals surface area contributed by atoms with Crippen LogP contribution < -0.4 is 4.74 Å². The summed E-state index contributed by atoms with van der Waals surface area (Å²) in [5.41, 5.74) is 2.93. The van der Waals surface area contributed by atoms with E-state index in [1.807, 2.05) is 19.1 Å². The molecular formula is C25H16F4O. The third-order valence-electron chi connectivity index (χ3n) is 4.07. The van der Waals surface area contributed by atoms with Gasteiger partial charge in [0.05, 0.1) is 11.1 Å². The van der Waals surface area contributed by atoms with Crippen LogP contribution in [0.1, 0.15) is 33.4 Å². The van der Waals surface area contributed by atoms with Gasteiger partial charge in [-0.15, -0.1) is 13.2 Å². The summed E-state index contributed by atoms with van der Waals surface area (Å²) >= 11 is 0. The number of halogens is 4. The van der Waals surface area contributed by atoms with Gasteiger partial charge in [0.15, 0.2) is 0 Å². The summed E-state index contributed by atoms with van der Waals surface area (Å²) in [6.45, 7) is 3.67. The molecular weight excluding hydrogens is 392 g/mol. The Hall–Kier alpha value is -3.70. The smallest absolute Gasteiger partial charge is 0.404 e. The van der Waals surface area contributed by atoms with Gasteiger partial charge in [0, 0.05) is 11.1 Å². The Morgan fingerprint density at radius 3 is 1.90 bits per heavy atom. The van der Waals surface area contributed by atoms with Crippen LogP contribution in [-0.2, 0) is 0 Å². The lowest BCUT2D eigenvalue weighted by molar-refractivity contribution is -0.274. The fourth-order valence-electron chi connectivity index (χ4n) is 2.55. The van der Waals surface area contributed by atoms with Gasteiger partial charge in [-0.25, -0.2) is 4.39 Å². The first kappa shape index (κ1) is 21.0. The summed E-state index contributed by atoms with van der Waals surface area (Å²) in [6.07, 6.45) is -4.88. The maximum Gasteiger partial charge on any atom is 0.573 e. The first-order valence-corrected chi connectivity index (χ1v) is 8.96. The minimum atomic E-state index is -4.88. The minimum absolute atomic E-state index is 0.0694. The van der Waals surface area contributed by atoms with E-state index in [4.69, 9.17) is 0 Å². The third kappa shape index (κ3) is 5.90. The average Bonchev–Trinajstić information content (AvgIpc) is 2.66. The van der Waals surface area contributed by atoms with Crippen LogP contribution in [0, 0.1) is 43.3 Å². The van der Waals surface area contributed by atoms with Crippen molar-refractivity contribution in [2.24, 2.45) is 0 Å². The van der Waals surface area contributed by atoms with Crippen LogP contribution in [0.15, 0.2) is 60.7 Å². The van der Waals surface area contributed by atoms with Gasteiger partial charge in [-0.3, -0.25) is 0 Å². The summed E-state index contributed by atoms with van der Waals surface area (Å²) in [5, 5.41) is 0. The Bertz CT molecular complexity index is 1180. The molecule has 0 fully saturated rings. The van der Waals surface area contributed by atoms with Gasteiger partial charge < -0.3 is 4.74 Å². The van der Waals surface area contributed by atoms with Crippen molar-refractivity contribution in [2.75, 3.05) is 0 Å². The van der Waals surface area contributed by atoms with Gasteiger partial charge in [-0.1, -0.05) is 47.4 Å². The van der Waals surface area contributed by atoms with Gasteiger partial charge in [0.25, 0.3) is 0 Å². The zero-order chi connectivity index (χ0) is 21.7. The number of benzene rings is 3. The zero-order valence-corrected chi connectivity index (χ0v) is 16.2. The third-order valence-corrected chi connectivity index (χ3v) is 4.07. The van der Waals surface area contributed by atoms with E-state index in [1.165, 1.54) is 24.3 Å². The molecule has 0 saturated carbocycles. The van der Waals surface area contributed by atoms with E-state index in [2.05, 4.69) is 28.4 Å². The van der Waals surface area contributed by atoms with E-state index in [-0.39, 0.29) is 16.7 Å². The molecule has 0 aliphatic rings. The van der Waals surface area contributed by atoms with E-state index < -0.39 is 17.9 Å². The van der Waals surface area contributed by atoms with Crippen LogP contribution >= 0.6 is 0 Å². The van der Waals surface area contributed by atoms with Crippen LogP contribution in [-0.4, -0.2) is 6.36 Å². The number of ether oxygens (including phenoxy) is 1. The molecule has 0 unspecified atom stereocenters. The summed E-state index contributed by atoms with van der Waals surface area (Å²) in [5.74, 6) is 9.88. The summed E-state index contributed by atoms with van der Waals surface area (Å²) in [7, 11) is 0. The van der Waals surface area contributed by atoms with Crippen molar-refractivity contribution in [1.82, 2.24) is 0 Å². The molecule has 3 aromatic rings. The molecule has 0 N–H and O–H groups in total. The predicted molar refractivity (Wildman–Crippen MR) is 107 cm³/mol. The molecule has 0 bridgehead atoms. The van der Waals surface area contributed by atoms with Crippen molar-refractivity contribution in [3.8, 4) is 29.4 Å². The molecule has 0 saturated heterocycles. The normalized spacial score (nSPS) is 10.5. The molecule has 150 valence electrons. The van der Waals surface area contributed by atoms with Crippen molar-refractivity contribution >= 4 is 0 Å². The van der Waals surface area contributed by atoms with Crippen LogP contribution in [0.2, 0.25) is 0 Å². The summed E-state index contributed by atoms with van der Waals surface area (Å²) < 4.78 is 56.6. The maximum atomic E-state index is 13.9. The highest BCUT2D eigenvalue weighted by atomic mass is 19.4. The molecule has 0 spiro atoms. The van der Waals surface area contributed by atoms with Crippen LogP contribution in [0.4, 0.5) is 17.6 Å². The maximum absolute atomic E-state index is 13.9. The first-order chi connectivity index (χ1) is 14.2. The quantitative estimate of drug-likeness (QED) is 0.347. The highest BCUT2D eigenvalue weighted by molar-refractivity contribution is 5.55. The molecule has 0 atom stereocenters. The number of hydrogen-bond donors (Lipinski definition) is 0. The summed E-state index contributed by atoms with van der Waals surface area (Å²) in [6, 6.07) is 15.9. The lowest BCUT2D eigenvalue weighted by atomic mass is 10.1. The van der Waals surface area contributed by atoms with Crippen LogP contribution in [0.3, 0.4) is 0 Å². The molecule has 0 radical (unpaired) electrons. The summed E-state index contributed by atoms with van der Waals surface area (Å²) in [4.78, 5) is 0. The average molecular weight is 408 g/mol. The topological polar surface area (TPSA) is 9.23 Å². The lowest BCUT2D eigenvalue weighted by Crippen LogP contribution is -2.18. The highest BCUT2D eigenvalue weighted by Crippen LogP contribution is 2.27. The SMILES string of the molecule is Cc1ccc(C#Cc2ccc(C#Cc3ccc(C)cc3F)cc2OC(F)(F)F)cc1. The fraction of sp³-hybridized carbons (Fsp3) is 0.120. The molecule has 3 aromatic carbocycles. The van der Waals surface area contributed by atoms with Gasteiger partial charge in [0.1, 0.15) is 11.6 Å². The van der Waals surface area contributed by atoms with Crippen molar-refractivity contribution in [3.05, 3.63) is 99.9 Å². The number of aryl methyl sites for hydroxylation is 2. The van der Waals surface area contributed by atoms with Crippen LogP contribution in [0.25, 0.3) is 0 Å². The second-order valence-electron chi connectivity index (χ2n) is 6.61. The molecule has 0 aliphatic carbocycles. The molecule has 0 heterocycles. The Balaban J connectivity index is 1.96. The van der Waals surface area contributed by atoms with E-state index in [1.54, 1.807) is 25.1 Å². The van der Waals surface area contributed by atoms with Gasteiger partial charge in [-0.05, 0) is 61.9 Å². The van der Waals surface area contributed by atoms with E-state index in [0.29, 0.717) is 5.56 Å². The second-order valence-corrected chi connectivity index (χ2v) is 6.61. The Morgan fingerprint density at radius 1 is 0.667 bits per heavy atom. The monoisotopic (exact) mass is 408 g/mol. The molecule has 1 nitrogen and oxygen atoms in total. The van der Waals surface area contributed by atoms with E-state index in [9.17, 15) is 17.6 Å². The Labute approximate surface area is 172 Å². The molecule has 5 heteroatoms. The predicted octanol–water partition coefficient (Wildman–Crippen LogP) is 6.14. The molecule has 0 aromatic heterocycles. The number of alkyl halides is 3. The molecule has 30 heavy (non-hydrogen) atoms. The van der Waals surface area contributed by atoms with Gasteiger partial charge in [0.2, 0.25) is 0 Å². The highest BCUT2D eigenvalue weighted by Gasteiger charge is 2.32. The van der Waals surface area contributed by atoms with E-state index in [0.717, 1.165) is 17.2 Å². The number of rotatable bonds is 1. The Kier molecular flexibility index (Phi) is 6.14. The van der Waals surface area contributed by atoms with Crippen molar-refractivity contribution < 1.29 is 22.3 Å². The largest absolute Gasteiger partial charge is 0.573 e. The van der Waals surface area contributed by atoms with Crippen molar-refractivity contribution in [3.63, 3.8) is 0 Å². The van der Waals surface area contributed by atoms with Gasteiger partial charge in [-0.2, -0.15) is 0 Å².